The van der Waals surface area contributed by atoms with Crippen molar-refractivity contribution in [1.82, 2.24) is 4.90 Å². The summed E-state index contributed by atoms with van der Waals surface area (Å²) < 4.78 is 0. The molecular weight excluding hydrogens is 256 g/mol. The van der Waals surface area contributed by atoms with Crippen molar-refractivity contribution >= 4 is 0 Å². The van der Waals surface area contributed by atoms with Gasteiger partial charge in [0.25, 0.3) is 0 Å². The monoisotopic (exact) mass is 296 g/mol. The van der Waals surface area contributed by atoms with Crippen LogP contribution < -0.4 is 5.73 Å². The van der Waals surface area contributed by atoms with Crippen LogP contribution in [0.3, 0.4) is 0 Å². The number of hydrogen-bond acceptors (Lipinski definition) is 2. The van der Waals surface area contributed by atoms with E-state index in [0.29, 0.717) is 11.5 Å². The predicted molar refractivity (Wildman–Crippen MR) is 94.5 cm³/mol. The Kier molecular flexibility index (Phi) is 6.74. The minimum absolute atomic E-state index is 0.245. The molecule has 21 heavy (non-hydrogen) atoms. The standard InChI is InChI=1S/C19H40N2/c1-8-18(5,6)17-9-11-19(14-20,12-10-17)21(7)16(4)13-15(2)3/h15-17H,8-14,20H2,1-7H3. The topological polar surface area (TPSA) is 29.3 Å². The first kappa shape index (κ1) is 19.0. The van der Waals surface area contributed by atoms with Crippen molar-refractivity contribution in [2.24, 2.45) is 23.0 Å². The molecule has 0 saturated heterocycles. The van der Waals surface area contributed by atoms with E-state index >= 15 is 0 Å². The Morgan fingerprint density at radius 1 is 1.19 bits per heavy atom. The summed E-state index contributed by atoms with van der Waals surface area (Å²) in [5, 5.41) is 0. The van der Waals surface area contributed by atoms with E-state index in [4.69, 9.17) is 5.73 Å². The molecular formula is C19H40N2. The fraction of sp³-hybridized carbons (Fsp3) is 1.00. The molecule has 0 spiro atoms. The Morgan fingerprint density at radius 3 is 2.10 bits per heavy atom. The highest BCUT2D eigenvalue weighted by Gasteiger charge is 2.42. The van der Waals surface area contributed by atoms with Crippen LogP contribution in [-0.2, 0) is 0 Å². The third-order valence-corrected chi connectivity index (χ3v) is 6.53. The molecule has 1 saturated carbocycles. The largest absolute Gasteiger partial charge is 0.329 e. The van der Waals surface area contributed by atoms with Gasteiger partial charge >= 0.3 is 0 Å². The molecule has 1 aliphatic carbocycles. The summed E-state index contributed by atoms with van der Waals surface area (Å²) in [4.78, 5) is 2.61. The summed E-state index contributed by atoms with van der Waals surface area (Å²) in [5.74, 6) is 1.63. The highest BCUT2D eigenvalue weighted by Crippen LogP contribution is 2.45. The summed E-state index contributed by atoms with van der Waals surface area (Å²) in [6.07, 6.45) is 7.79. The molecule has 2 nitrogen and oxygen atoms in total. The molecule has 0 bridgehead atoms. The number of likely N-dealkylation sites (N-methyl/N-ethyl adjacent to an activating group) is 1. The van der Waals surface area contributed by atoms with Crippen molar-refractivity contribution in [3.8, 4) is 0 Å². The maximum absolute atomic E-state index is 6.25. The van der Waals surface area contributed by atoms with Gasteiger partial charge < -0.3 is 5.73 Å². The van der Waals surface area contributed by atoms with Gasteiger partial charge in [0.2, 0.25) is 0 Å². The number of nitrogens with zero attached hydrogens (tertiary/aromatic N) is 1. The van der Waals surface area contributed by atoms with Crippen molar-refractivity contribution in [1.29, 1.82) is 0 Å². The molecule has 0 aromatic carbocycles. The summed E-state index contributed by atoms with van der Waals surface area (Å²) in [5.41, 5.74) is 6.99. The van der Waals surface area contributed by atoms with Crippen LogP contribution in [0.15, 0.2) is 0 Å². The molecule has 126 valence electrons. The second-order valence-corrected chi connectivity index (χ2v) is 8.63. The summed E-state index contributed by atoms with van der Waals surface area (Å²) in [6, 6.07) is 0.629. The summed E-state index contributed by atoms with van der Waals surface area (Å²) >= 11 is 0. The Hall–Kier alpha value is -0.0800. The zero-order chi connectivity index (χ0) is 16.3. The van der Waals surface area contributed by atoms with Crippen molar-refractivity contribution in [3.05, 3.63) is 0 Å². The van der Waals surface area contributed by atoms with Crippen molar-refractivity contribution < 1.29 is 0 Å². The van der Waals surface area contributed by atoms with Gasteiger partial charge in [-0.2, -0.15) is 0 Å². The number of nitrogens with two attached hydrogens (primary N) is 1. The zero-order valence-electron chi connectivity index (χ0n) is 15.7. The van der Waals surface area contributed by atoms with Gasteiger partial charge in [-0.1, -0.05) is 41.0 Å². The van der Waals surface area contributed by atoms with Crippen LogP contribution in [-0.4, -0.2) is 30.1 Å². The van der Waals surface area contributed by atoms with Crippen LogP contribution in [0.1, 0.15) is 80.1 Å². The quantitative estimate of drug-likeness (QED) is 0.739. The van der Waals surface area contributed by atoms with E-state index in [0.717, 1.165) is 18.4 Å². The lowest BCUT2D eigenvalue weighted by Crippen LogP contribution is -2.57. The van der Waals surface area contributed by atoms with Gasteiger partial charge in [0.15, 0.2) is 0 Å². The molecule has 2 N–H and O–H groups in total. The Balaban J connectivity index is 2.72. The maximum Gasteiger partial charge on any atom is 0.0331 e. The molecule has 1 unspecified atom stereocenters. The van der Waals surface area contributed by atoms with Crippen molar-refractivity contribution in [3.63, 3.8) is 0 Å². The van der Waals surface area contributed by atoms with Crippen LogP contribution in [0, 0.1) is 17.3 Å². The van der Waals surface area contributed by atoms with Gasteiger partial charge in [-0.3, -0.25) is 4.90 Å². The molecule has 0 aliphatic heterocycles. The molecule has 0 radical (unpaired) electrons. The van der Waals surface area contributed by atoms with E-state index in [1.807, 2.05) is 0 Å². The fourth-order valence-corrected chi connectivity index (χ4v) is 4.23. The lowest BCUT2D eigenvalue weighted by Gasteiger charge is -2.51. The normalized spacial score (nSPS) is 29.1. The SMILES string of the molecule is CCC(C)(C)C1CCC(CN)(N(C)C(C)CC(C)C)CC1. The fourth-order valence-electron chi connectivity index (χ4n) is 4.23. The highest BCUT2D eigenvalue weighted by atomic mass is 15.2. The van der Waals surface area contributed by atoms with Crippen molar-refractivity contribution in [2.45, 2.75) is 91.6 Å². The van der Waals surface area contributed by atoms with Crippen LogP contribution in [0.25, 0.3) is 0 Å². The van der Waals surface area contributed by atoms with Crippen LogP contribution in [0.4, 0.5) is 0 Å². The first-order valence-electron chi connectivity index (χ1n) is 9.11. The smallest absolute Gasteiger partial charge is 0.0331 e. The molecule has 1 atom stereocenters. The summed E-state index contributed by atoms with van der Waals surface area (Å²) in [6.45, 7) is 15.0. The van der Waals surface area contributed by atoms with Gasteiger partial charge in [-0.15, -0.1) is 0 Å². The van der Waals surface area contributed by atoms with Crippen LogP contribution >= 0.6 is 0 Å². The lowest BCUT2D eigenvalue weighted by molar-refractivity contribution is 0.00704. The Labute approximate surface area is 133 Å². The second kappa shape index (κ2) is 7.46. The minimum Gasteiger partial charge on any atom is -0.329 e. The van der Waals surface area contributed by atoms with E-state index in [9.17, 15) is 0 Å². The van der Waals surface area contributed by atoms with Gasteiger partial charge in [0, 0.05) is 18.1 Å². The molecule has 0 amide bonds. The molecule has 1 aliphatic rings. The maximum atomic E-state index is 6.25. The second-order valence-electron chi connectivity index (χ2n) is 8.63. The van der Waals surface area contributed by atoms with Gasteiger partial charge in [0.05, 0.1) is 0 Å². The lowest BCUT2D eigenvalue weighted by atomic mass is 9.65. The van der Waals surface area contributed by atoms with Gasteiger partial charge in [0.1, 0.15) is 0 Å². The molecule has 1 rings (SSSR count). The number of hydrogen-bond donors (Lipinski definition) is 1. The average molecular weight is 297 g/mol. The van der Waals surface area contributed by atoms with Crippen LogP contribution in [0.5, 0.6) is 0 Å². The molecule has 2 heteroatoms. The zero-order valence-corrected chi connectivity index (χ0v) is 15.7. The highest BCUT2D eigenvalue weighted by molar-refractivity contribution is 4.98. The Morgan fingerprint density at radius 2 is 1.71 bits per heavy atom. The predicted octanol–water partition coefficient (Wildman–Crippen LogP) is 4.68. The third-order valence-electron chi connectivity index (χ3n) is 6.53. The average Bonchev–Trinajstić information content (AvgIpc) is 2.45. The van der Waals surface area contributed by atoms with Crippen molar-refractivity contribution in [2.75, 3.05) is 13.6 Å². The minimum atomic E-state index is 0.245. The third kappa shape index (κ3) is 4.45. The molecule has 0 aromatic heterocycles. The van der Waals surface area contributed by atoms with E-state index in [1.54, 1.807) is 0 Å². The molecule has 0 aromatic rings. The first-order valence-corrected chi connectivity index (χ1v) is 9.11. The first-order chi connectivity index (χ1) is 9.68. The molecule has 0 heterocycles. The Bertz CT molecular complexity index is 301. The van der Waals surface area contributed by atoms with E-state index in [2.05, 4.69) is 53.5 Å². The van der Waals surface area contributed by atoms with Crippen LogP contribution in [0.2, 0.25) is 0 Å². The van der Waals surface area contributed by atoms with E-state index in [-0.39, 0.29) is 5.54 Å². The number of rotatable bonds is 7. The van der Waals surface area contributed by atoms with Gasteiger partial charge in [-0.05, 0) is 63.3 Å². The summed E-state index contributed by atoms with van der Waals surface area (Å²) in [7, 11) is 2.31. The van der Waals surface area contributed by atoms with E-state index in [1.165, 1.54) is 38.5 Å². The van der Waals surface area contributed by atoms with E-state index < -0.39 is 0 Å². The van der Waals surface area contributed by atoms with Gasteiger partial charge in [-0.25, -0.2) is 0 Å². The molecule has 1 fully saturated rings.